The Balaban J connectivity index is 1.85. The normalized spacial score (nSPS) is 17.2. The minimum Gasteiger partial charge on any atom is -0.337 e. The zero-order valence-electron chi connectivity index (χ0n) is 20.1. The summed E-state index contributed by atoms with van der Waals surface area (Å²) < 4.78 is 0. The number of benzene rings is 2. The lowest BCUT2D eigenvalue weighted by atomic mass is 9.78. The van der Waals surface area contributed by atoms with Gasteiger partial charge in [-0.05, 0) is 66.6 Å². The van der Waals surface area contributed by atoms with Gasteiger partial charge in [0.15, 0.2) is 0 Å². The molecule has 2 aromatic rings. The number of para-hydroxylation sites is 1. The Hall–Kier alpha value is -2.80. The van der Waals surface area contributed by atoms with Gasteiger partial charge in [0.05, 0.1) is 0 Å². The van der Waals surface area contributed by atoms with Crippen molar-refractivity contribution in [3.63, 3.8) is 0 Å². The van der Waals surface area contributed by atoms with Gasteiger partial charge in [-0.3, -0.25) is 0 Å². The second kappa shape index (κ2) is 8.62. The van der Waals surface area contributed by atoms with Crippen LogP contribution in [0.2, 0.25) is 0 Å². The first-order valence-corrected chi connectivity index (χ1v) is 11.9. The lowest BCUT2D eigenvalue weighted by Gasteiger charge is -2.34. The summed E-state index contributed by atoms with van der Waals surface area (Å²) in [6.45, 7) is 20.1. The fourth-order valence-corrected chi connectivity index (χ4v) is 5.62. The molecule has 1 fully saturated rings. The summed E-state index contributed by atoms with van der Waals surface area (Å²) in [6, 6.07) is 15.8. The van der Waals surface area contributed by atoms with E-state index in [9.17, 15) is 0 Å². The van der Waals surface area contributed by atoms with Crippen LogP contribution < -0.4 is 4.90 Å². The van der Waals surface area contributed by atoms with Crippen LogP contribution in [0.15, 0.2) is 86.0 Å². The molecule has 0 aromatic heterocycles. The molecule has 0 bridgehead atoms. The summed E-state index contributed by atoms with van der Waals surface area (Å²) in [7, 11) is 0. The lowest BCUT2D eigenvalue weighted by Crippen LogP contribution is -2.26. The first-order valence-electron chi connectivity index (χ1n) is 11.9. The predicted molar refractivity (Wildman–Crippen MR) is 141 cm³/mol. The van der Waals surface area contributed by atoms with E-state index in [1.807, 2.05) is 12.2 Å². The number of allylic oxidation sites excluding steroid dienone is 4. The molecule has 1 spiro atoms. The van der Waals surface area contributed by atoms with E-state index in [0.29, 0.717) is 5.41 Å². The molecule has 0 saturated heterocycles. The standard InChI is InChI=1S/C31H37N/c1-7-8-13-20-32(29-15-10-9-14-27(29)30(5,6)23(2)3)25-16-17-26-24(4)22-31(28(26)21-25)18-11-12-19-31/h7-10,13-17,21H,1-2,4,11-12,18-20,22H2,3,5-6H3/b13-8-. The quantitative estimate of drug-likeness (QED) is 0.318. The number of hydrogen-bond donors (Lipinski definition) is 0. The van der Waals surface area contributed by atoms with Gasteiger partial charge in [-0.1, -0.05) is 94.5 Å². The van der Waals surface area contributed by atoms with E-state index in [-0.39, 0.29) is 5.41 Å². The topological polar surface area (TPSA) is 3.24 Å². The van der Waals surface area contributed by atoms with E-state index in [2.05, 4.69) is 93.9 Å². The van der Waals surface area contributed by atoms with Gasteiger partial charge in [-0.25, -0.2) is 0 Å². The van der Waals surface area contributed by atoms with E-state index in [1.54, 1.807) is 0 Å². The lowest BCUT2D eigenvalue weighted by molar-refractivity contribution is 0.469. The van der Waals surface area contributed by atoms with E-state index in [1.165, 1.54) is 64.9 Å². The van der Waals surface area contributed by atoms with E-state index < -0.39 is 0 Å². The van der Waals surface area contributed by atoms with Crippen LogP contribution in [0.3, 0.4) is 0 Å². The SMILES string of the molecule is C=C/C=C\CN(c1ccc2c(c1)C1(CCCC1)CC2=C)c1ccccc1C(C)(C)C(=C)C. The Labute approximate surface area is 194 Å². The monoisotopic (exact) mass is 423 g/mol. The van der Waals surface area contributed by atoms with Crippen molar-refractivity contribution in [2.45, 2.75) is 63.7 Å². The molecule has 4 rings (SSSR count). The molecule has 0 heterocycles. The van der Waals surface area contributed by atoms with Crippen LogP contribution in [0.25, 0.3) is 5.57 Å². The summed E-state index contributed by atoms with van der Waals surface area (Å²) in [6.07, 6.45) is 12.4. The number of hydrogen-bond acceptors (Lipinski definition) is 1. The first-order chi connectivity index (χ1) is 15.3. The smallest absolute Gasteiger partial charge is 0.0455 e. The highest BCUT2D eigenvalue weighted by Gasteiger charge is 2.42. The number of rotatable bonds is 7. The third-order valence-corrected chi connectivity index (χ3v) is 7.87. The minimum atomic E-state index is -0.116. The Bertz CT molecular complexity index is 1080. The molecule has 32 heavy (non-hydrogen) atoms. The second-order valence-corrected chi connectivity index (χ2v) is 10.2. The van der Waals surface area contributed by atoms with Crippen molar-refractivity contribution < 1.29 is 0 Å². The Morgan fingerprint density at radius 1 is 1.12 bits per heavy atom. The molecule has 1 nitrogen and oxygen atoms in total. The first kappa shape index (κ1) is 22.4. The maximum atomic E-state index is 4.43. The average Bonchev–Trinajstić information content (AvgIpc) is 3.36. The molecular weight excluding hydrogens is 386 g/mol. The highest BCUT2D eigenvalue weighted by Crippen LogP contribution is 2.55. The van der Waals surface area contributed by atoms with Crippen molar-refractivity contribution in [1.82, 2.24) is 0 Å². The van der Waals surface area contributed by atoms with Gasteiger partial charge in [-0.15, -0.1) is 0 Å². The Kier molecular flexibility index (Phi) is 6.03. The fraction of sp³-hybridized carbons (Fsp3) is 0.355. The summed E-state index contributed by atoms with van der Waals surface area (Å²) in [5, 5.41) is 0. The third kappa shape index (κ3) is 3.79. The molecule has 1 saturated carbocycles. The second-order valence-electron chi connectivity index (χ2n) is 10.2. The predicted octanol–water partition coefficient (Wildman–Crippen LogP) is 8.65. The Morgan fingerprint density at radius 3 is 2.53 bits per heavy atom. The van der Waals surface area contributed by atoms with Crippen LogP contribution in [-0.4, -0.2) is 6.54 Å². The number of anilines is 2. The largest absolute Gasteiger partial charge is 0.337 e. The van der Waals surface area contributed by atoms with Crippen LogP contribution in [0.5, 0.6) is 0 Å². The fourth-order valence-electron chi connectivity index (χ4n) is 5.62. The van der Waals surface area contributed by atoms with Crippen molar-refractivity contribution >= 4 is 16.9 Å². The molecule has 0 radical (unpaired) electrons. The molecule has 0 amide bonds. The molecule has 166 valence electrons. The summed E-state index contributed by atoms with van der Waals surface area (Å²) >= 11 is 0. The molecule has 2 aliphatic carbocycles. The van der Waals surface area contributed by atoms with Crippen molar-refractivity contribution in [2.24, 2.45) is 0 Å². The molecule has 2 aliphatic rings. The highest BCUT2D eigenvalue weighted by atomic mass is 15.1. The molecule has 0 unspecified atom stereocenters. The van der Waals surface area contributed by atoms with Gasteiger partial charge in [0, 0.05) is 28.7 Å². The zero-order chi connectivity index (χ0) is 22.9. The zero-order valence-corrected chi connectivity index (χ0v) is 20.1. The molecular formula is C31H37N. The molecule has 1 heteroatoms. The summed E-state index contributed by atoms with van der Waals surface area (Å²) in [5.74, 6) is 0. The van der Waals surface area contributed by atoms with Gasteiger partial charge >= 0.3 is 0 Å². The van der Waals surface area contributed by atoms with Crippen LogP contribution in [0.1, 0.15) is 69.6 Å². The van der Waals surface area contributed by atoms with Crippen LogP contribution in [0.4, 0.5) is 11.4 Å². The van der Waals surface area contributed by atoms with E-state index in [0.717, 1.165) is 13.0 Å². The van der Waals surface area contributed by atoms with Gasteiger partial charge in [-0.2, -0.15) is 0 Å². The molecule has 2 aromatic carbocycles. The van der Waals surface area contributed by atoms with Gasteiger partial charge in [0.25, 0.3) is 0 Å². The van der Waals surface area contributed by atoms with Crippen LogP contribution in [-0.2, 0) is 10.8 Å². The third-order valence-electron chi connectivity index (χ3n) is 7.87. The average molecular weight is 424 g/mol. The van der Waals surface area contributed by atoms with Crippen molar-refractivity contribution in [3.8, 4) is 0 Å². The van der Waals surface area contributed by atoms with E-state index >= 15 is 0 Å². The van der Waals surface area contributed by atoms with Crippen molar-refractivity contribution in [2.75, 3.05) is 11.4 Å². The summed E-state index contributed by atoms with van der Waals surface area (Å²) in [4.78, 5) is 2.45. The van der Waals surface area contributed by atoms with Crippen molar-refractivity contribution in [1.29, 1.82) is 0 Å². The maximum Gasteiger partial charge on any atom is 0.0455 e. The van der Waals surface area contributed by atoms with Crippen LogP contribution in [0, 0.1) is 0 Å². The summed E-state index contributed by atoms with van der Waals surface area (Å²) in [5.41, 5.74) is 9.38. The molecule has 0 N–H and O–H groups in total. The minimum absolute atomic E-state index is 0.116. The molecule has 0 atom stereocenters. The van der Waals surface area contributed by atoms with Gasteiger partial charge < -0.3 is 4.90 Å². The van der Waals surface area contributed by atoms with Crippen LogP contribution >= 0.6 is 0 Å². The highest BCUT2D eigenvalue weighted by molar-refractivity contribution is 5.79. The van der Waals surface area contributed by atoms with E-state index in [4.69, 9.17) is 0 Å². The maximum absolute atomic E-state index is 4.43. The number of nitrogens with zero attached hydrogens (tertiary/aromatic N) is 1. The number of fused-ring (bicyclic) bond motifs is 2. The Morgan fingerprint density at radius 2 is 1.84 bits per heavy atom. The molecule has 0 aliphatic heterocycles. The van der Waals surface area contributed by atoms with Gasteiger partial charge in [0.2, 0.25) is 0 Å². The van der Waals surface area contributed by atoms with Crippen molar-refractivity contribution in [3.05, 3.63) is 103 Å². The van der Waals surface area contributed by atoms with Gasteiger partial charge in [0.1, 0.15) is 0 Å².